The number of aromatic amines is 1. The summed E-state index contributed by atoms with van der Waals surface area (Å²) in [6.07, 6.45) is -0.0897. The third-order valence-corrected chi connectivity index (χ3v) is 21.0. The second kappa shape index (κ2) is 56.5. The minimum Gasteiger partial charge on any atom is -0.508 e. The number of primary amides is 1. The van der Waals surface area contributed by atoms with E-state index in [9.17, 15) is 78.3 Å². The summed E-state index contributed by atoms with van der Waals surface area (Å²) in [5.74, 6) is -16.8. The lowest BCUT2D eigenvalue weighted by Gasteiger charge is -2.29. The maximum atomic E-state index is 15.1. The van der Waals surface area contributed by atoms with Gasteiger partial charge in [-0.25, -0.2) is 4.79 Å². The number of aliphatic hydroxyl groups excluding tert-OH is 1. The van der Waals surface area contributed by atoms with E-state index in [0.717, 1.165) is 0 Å². The number of phenolic OH excluding ortho intramolecular Hbond substituents is 3. The van der Waals surface area contributed by atoms with Crippen molar-refractivity contribution in [3.63, 3.8) is 0 Å². The number of amides is 13. The second-order valence-electron chi connectivity index (χ2n) is 33.0. The number of H-pyrrole nitrogens is 1. The molecule has 4 aromatic carbocycles. The first-order valence-corrected chi connectivity index (χ1v) is 43.7. The fraction of sp³-hybridized carbons (Fsp3) is 0.506. The summed E-state index contributed by atoms with van der Waals surface area (Å²) in [6, 6.07) is 3.17. The van der Waals surface area contributed by atoms with Crippen molar-refractivity contribution in [1.29, 1.82) is 16.2 Å². The van der Waals surface area contributed by atoms with Gasteiger partial charge in [0.1, 0.15) is 89.8 Å². The zero-order valence-electron chi connectivity index (χ0n) is 74.6. The smallest absolute Gasteiger partial charge is 0.326 e. The molecular weight excluding hydrogens is 1710 g/mol. The molecule has 5 aromatic rings. The summed E-state index contributed by atoms with van der Waals surface area (Å²) < 4.78 is 0. The van der Waals surface area contributed by atoms with Crippen molar-refractivity contribution in [2.45, 2.75) is 228 Å². The number of aromatic nitrogens is 1. The van der Waals surface area contributed by atoms with Gasteiger partial charge in [-0.15, -0.1) is 0 Å². The van der Waals surface area contributed by atoms with Gasteiger partial charge >= 0.3 is 5.97 Å². The Morgan fingerprint density at radius 1 is 0.356 bits per heavy atom. The number of carboxylic acid groups (broad SMARTS) is 1. The molecule has 724 valence electrons. The van der Waals surface area contributed by atoms with Gasteiger partial charge in [-0.3, -0.25) is 78.6 Å². The highest BCUT2D eigenvalue weighted by atomic mass is 16.4. The zero-order valence-corrected chi connectivity index (χ0v) is 74.6. The highest BCUT2D eigenvalue weighted by Gasteiger charge is 2.39. The number of hydrogen-bond donors (Lipinski definition) is 31. The Bertz CT molecular complexity index is 4670. The van der Waals surface area contributed by atoms with Gasteiger partial charge in [-0.05, 0) is 180 Å². The lowest BCUT2D eigenvalue weighted by atomic mass is 9.99. The van der Waals surface area contributed by atoms with Gasteiger partial charge in [-0.1, -0.05) is 82.3 Å². The molecule has 0 aliphatic carbocycles. The molecule has 0 spiro atoms. The Balaban J connectivity index is 1.47. The topological polar surface area (TPSA) is 790 Å². The van der Waals surface area contributed by atoms with Crippen LogP contribution in [0, 0.1) is 28.1 Å². The van der Waals surface area contributed by atoms with E-state index in [1.807, 2.05) is 13.8 Å². The van der Waals surface area contributed by atoms with E-state index < -0.39 is 199 Å². The third-order valence-electron chi connectivity index (χ3n) is 21.0. The number of aliphatic carboxylic acids is 1. The van der Waals surface area contributed by atoms with Crippen LogP contribution in [-0.4, -0.2) is 249 Å². The van der Waals surface area contributed by atoms with Gasteiger partial charge in [0.15, 0.2) is 17.9 Å². The van der Waals surface area contributed by atoms with E-state index in [1.54, 1.807) is 44.3 Å². The minimum absolute atomic E-state index is 0.00359. The maximum absolute atomic E-state index is 15.1. The molecule has 0 saturated carbocycles. The van der Waals surface area contributed by atoms with Crippen LogP contribution in [0.1, 0.15) is 146 Å². The molecule has 0 bridgehead atoms. The van der Waals surface area contributed by atoms with Crippen molar-refractivity contribution >= 4 is 112 Å². The molecule has 0 saturated heterocycles. The average Bonchev–Trinajstić information content (AvgIpc) is 1.76. The Labute approximate surface area is 764 Å². The number of guanidine groups is 3. The molecular formula is C87H132N26O19. The van der Waals surface area contributed by atoms with E-state index in [-0.39, 0.29) is 170 Å². The zero-order chi connectivity index (χ0) is 97.7. The molecule has 0 unspecified atom stereocenters. The number of unbranched alkanes of at least 4 members (excludes halogenated alkanes) is 2. The number of phenols is 3. The monoisotopic (exact) mass is 1850 g/mol. The van der Waals surface area contributed by atoms with Crippen LogP contribution in [0.3, 0.4) is 0 Å². The summed E-state index contributed by atoms with van der Waals surface area (Å²) in [5.41, 5.74) is 42.4. The van der Waals surface area contributed by atoms with Gasteiger partial charge in [0.2, 0.25) is 76.8 Å². The second-order valence-corrected chi connectivity index (χ2v) is 33.0. The van der Waals surface area contributed by atoms with Crippen LogP contribution < -0.4 is 120 Å². The maximum Gasteiger partial charge on any atom is 0.326 e. The first-order valence-electron chi connectivity index (χ1n) is 43.7. The predicted molar refractivity (Wildman–Crippen MR) is 489 cm³/mol. The van der Waals surface area contributed by atoms with Crippen molar-refractivity contribution in [3.8, 4) is 17.2 Å². The minimum atomic E-state index is -1.96. The fourth-order valence-corrected chi connectivity index (χ4v) is 14.1. The number of hydrogen-bond acceptors (Lipinski definition) is 24. The number of aliphatic hydroxyl groups is 1. The summed E-state index contributed by atoms with van der Waals surface area (Å²) in [4.78, 5) is 205. The summed E-state index contributed by atoms with van der Waals surface area (Å²) >= 11 is 0. The lowest BCUT2D eigenvalue weighted by Crippen LogP contribution is -2.62. The quantitative estimate of drug-likeness (QED) is 0.00997. The lowest BCUT2D eigenvalue weighted by molar-refractivity contribution is -0.142. The molecule has 0 aliphatic rings. The molecule has 132 heavy (non-hydrogen) atoms. The van der Waals surface area contributed by atoms with E-state index in [4.69, 9.17) is 56.4 Å². The van der Waals surface area contributed by atoms with Crippen molar-refractivity contribution in [2.24, 2.45) is 52.0 Å². The van der Waals surface area contributed by atoms with Gasteiger partial charge in [0.05, 0.1) is 19.1 Å². The largest absolute Gasteiger partial charge is 0.508 e. The number of fused-ring (bicyclic) bond motifs is 1. The summed E-state index contributed by atoms with van der Waals surface area (Å²) in [6.45, 7) is 6.31. The third kappa shape index (κ3) is 39.6. The predicted octanol–water partition coefficient (Wildman–Crippen LogP) is -4.21. The highest BCUT2D eigenvalue weighted by molar-refractivity contribution is 6.01. The normalized spacial score (nSPS) is 14.1. The molecule has 5 rings (SSSR count). The molecule has 0 aliphatic heterocycles. The summed E-state index contributed by atoms with van der Waals surface area (Å²) in [5, 5.41) is 114. The van der Waals surface area contributed by atoms with Crippen LogP contribution in [0.25, 0.3) is 10.9 Å². The molecule has 45 nitrogen and oxygen atoms in total. The molecule has 13 atom stereocenters. The molecule has 1 aromatic heterocycles. The van der Waals surface area contributed by atoms with E-state index in [0.29, 0.717) is 34.0 Å². The molecule has 0 radical (unpaired) electrons. The standard InChI is InChI=1S/C87H132N26O19/c1-47(2)38-57(90)72(119)107-65(40-49-21-27-53(115)28-22-49)78(125)111-68(43-52-45-101-58-15-6-5-14-56(52)58)81(128)113-70(46-114)83(130)110-67(42-51-25-31-55(117)32-26-51)79(126)108-64(39-48(3)4)77(124)109-66(41-50-23-29-54(116)30-24-50)80(127)112-69(44-71(91)118)82(129)105-59(16-7-9-33-88)73(120)103-62(19-12-36-99-86(94)95)75(122)104-61(18-11-35-98-85(92)93)74(121)102-60(17-8-10-34-89)76(123)106-63(84(131)132)20-13-37-100-87(96)97/h5-6,14-15,21-32,45,47-48,57,59-70,101,114-117H,7-13,16-20,33-44,46,88-90H2,1-4H3,(H2,91,118)(H,102,121)(H,103,120)(H,104,122)(H,105,129)(H,106,123)(H,107,119)(H,108,126)(H,109,124)(H,110,130)(H,111,125)(H,112,127)(H,113,128)(H,131,132)(H4,92,93,98)(H4,94,95,99)(H4,96,97,100)/t57-,59-,60-,61-,62-,63-,64-,65-,66-,67-,68-,69-,70-/m0/s1. The van der Waals surface area contributed by atoms with Crippen LogP contribution in [0.5, 0.6) is 17.2 Å². The number of para-hydroxylation sites is 1. The Morgan fingerprint density at radius 2 is 0.652 bits per heavy atom. The van der Waals surface area contributed by atoms with Crippen LogP contribution in [0.4, 0.5) is 0 Å². The first kappa shape index (κ1) is 109. The van der Waals surface area contributed by atoms with Crippen molar-refractivity contribution in [2.75, 3.05) is 39.3 Å². The number of rotatable bonds is 60. The highest BCUT2D eigenvalue weighted by Crippen LogP contribution is 2.22. The number of nitrogens with two attached hydrogens (primary N) is 7. The van der Waals surface area contributed by atoms with E-state index in [2.05, 4.69) is 84.7 Å². The molecule has 1 heterocycles. The summed E-state index contributed by atoms with van der Waals surface area (Å²) in [7, 11) is 0. The fourth-order valence-electron chi connectivity index (χ4n) is 14.1. The Hall–Kier alpha value is -13.9. The average molecular weight is 1850 g/mol. The van der Waals surface area contributed by atoms with Gasteiger partial charge in [0.25, 0.3) is 0 Å². The number of carboxylic acids is 1. The Morgan fingerprint density at radius 3 is 1.01 bits per heavy atom. The Kier molecular flexibility index (Phi) is 46.5. The molecule has 45 heteroatoms. The first-order chi connectivity index (χ1) is 62.7. The van der Waals surface area contributed by atoms with E-state index in [1.165, 1.54) is 72.8 Å². The molecule has 38 N–H and O–H groups in total. The molecule has 13 amide bonds. The number of carbonyl (C=O) groups excluding carboxylic acids is 13. The van der Waals surface area contributed by atoms with Crippen LogP contribution in [-0.2, 0) is 92.8 Å². The number of aromatic hydroxyl groups is 3. The van der Waals surface area contributed by atoms with Crippen LogP contribution >= 0.6 is 0 Å². The van der Waals surface area contributed by atoms with Crippen molar-refractivity contribution in [1.82, 2.24) is 84.7 Å². The number of carbonyl (C=O) groups is 14. The van der Waals surface area contributed by atoms with Crippen molar-refractivity contribution < 1.29 is 92.7 Å². The van der Waals surface area contributed by atoms with Crippen LogP contribution in [0.15, 0.2) is 103 Å². The number of benzene rings is 4. The SMILES string of the molecule is CC(C)C[C@H](NC(=O)[C@H](Cc1ccc(O)cc1)NC(=O)[C@H](CO)NC(=O)[C@H](Cc1c[nH]c2ccccc12)NC(=O)[C@H](Cc1ccc(O)cc1)NC(=O)[C@@H](N)CC(C)C)C(=O)N[C@@H](Cc1ccc(O)cc1)C(=O)N[C@@H](CC(N)=O)C(=O)N[C@@H](CCCCN)C(=O)N[C@@H](CCCNC(=N)N)C(=O)N[C@@H](CCCNC(=N)N)C(=O)N[C@@H](CCCCN)C(=O)N[C@@H](CCCNC(=N)N)C(=O)O. The van der Waals surface area contributed by atoms with Gasteiger partial charge < -0.3 is 150 Å². The number of nitrogens with one attached hydrogen (secondary N) is 19. The van der Waals surface area contributed by atoms with Crippen molar-refractivity contribution in [3.05, 3.63) is 126 Å². The van der Waals surface area contributed by atoms with E-state index >= 15 is 14.4 Å². The van der Waals surface area contributed by atoms with Gasteiger partial charge in [0, 0.05) is 62.4 Å². The van der Waals surface area contributed by atoms with Gasteiger partial charge in [-0.2, -0.15) is 0 Å². The molecule has 0 fully saturated rings. The van der Waals surface area contributed by atoms with Crippen LogP contribution in [0.2, 0.25) is 0 Å².